The van der Waals surface area contributed by atoms with Crippen LogP contribution in [-0.2, 0) is 14.4 Å². The number of carboxylic acids is 1. The maximum atomic E-state index is 13.0. The van der Waals surface area contributed by atoms with Gasteiger partial charge < -0.3 is 14.6 Å². The predicted molar refractivity (Wildman–Crippen MR) is 118 cm³/mol. The number of benzene rings is 2. The summed E-state index contributed by atoms with van der Waals surface area (Å²) in [6, 6.07) is 13.1. The van der Waals surface area contributed by atoms with Crippen molar-refractivity contribution in [1.29, 1.82) is 0 Å². The number of nitrogens with one attached hydrogen (secondary N) is 1. The number of carbonyl (C=O) groups excluding carboxylic acids is 2. The van der Waals surface area contributed by atoms with E-state index in [-0.39, 0.29) is 10.7 Å². The molecule has 2 amide bonds. The van der Waals surface area contributed by atoms with E-state index in [1.54, 1.807) is 48.5 Å². The highest BCUT2D eigenvalue weighted by molar-refractivity contribution is 7.80. The van der Waals surface area contributed by atoms with Crippen molar-refractivity contribution in [2.24, 2.45) is 0 Å². The molecule has 1 aliphatic rings. The number of thiocarbonyl (C=S) groups is 1. The molecule has 1 aliphatic heterocycles. The molecule has 1 saturated heterocycles. The second-order valence-electron chi connectivity index (χ2n) is 6.55. The van der Waals surface area contributed by atoms with Gasteiger partial charge in [0.25, 0.3) is 11.8 Å². The number of carboxylic acid groups (broad SMARTS) is 1. The van der Waals surface area contributed by atoms with Gasteiger partial charge in [-0.15, -0.1) is 0 Å². The molecule has 0 radical (unpaired) electrons. The first-order valence-corrected chi connectivity index (χ1v) is 9.85. The van der Waals surface area contributed by atoms with Crippen molar-refractivity contribution in [3.63, 3.8) is 0 Å². The Morgan fingerprint density at radius 1 is 1.13 bits per heavy atom. The highest BCUT2D eigenvalue weighted by atomic mass is 32.1. The third-order valence-corrected chi connectivity index (χ3v) is 4.64. The summed E-state index contributed by atoms with van der Waals surface area (Å²) in [7, 11) is 0. The van der Waals surface area contributed by atoms with Gasteiger partial charge in [0.15, 0.2) is 11.2 Å². The minimum absolute atomic E-state index is 0.0114. The topological polar surface area (TPSA) is 105 Å². The summed E-state index contributed by atoms with van der Waals surface area (Å²) >= 11 is 5.19. The molecule has 0 spiro atoms. The van der Waals surface area contributed by atoms with Gasteiger partial charge in [-0.05, 0) is 74.1 Å². The van der Waals surface area contributed by atoms with E-state index in [4.69, 9.17) is 26.8 Å². The van der Waals surface area contributed by atoms with Crippen LogP contribution in [0.3, 0.4) is 0 Å². The van der Waals surface area contributed by atoms with Crippen LogP contribution in [0.5, 0.6) is 11.5 Å². The number of carbonyl (C=O) groups is 3. The Kier molecular flexibility index (Phi) is 6.66. The van der Waals surface area contributed by atoms with E-state index in [2.05, 4.69) is 5.32 Å². The Hall–Kier alpha value is -3.72. The van der Waals surface area contributed by atoms with Crippen molar-refractivity contribution in [3.8, 4) is 11.5 Å². The van der Waals surface area contributed by atoms with Crippen LogP contribution < -0.4 is 19.7 Å². The number of hydrogen-bond donors (Lipinski definition) is 2. The number of ether oxygens (including phenoxy) is 2. The van der Waals surface area contributed by atoms with Crippen molar-refractivity contribution in [3.05, 3.63) is 59.7 Å². The summed E-state index contributed by atoms with van der Waals surface area (Å²) in [5, 5.41) is 11.4. The lowest BCUT2D eigenvalue weighted by molar-refractivity contribution is -0.144. The molecule has 9 heteroatoms. The molecule has 2 aromatic carbocycles. The van der Waals surface area contributed by atoms with Gasteiger partial charge in [-0.3, -0.25) is 19.8 Å². The molecule has 0 unspecified atom stereocenters. The maximum Gasteiger partial charge on any atom is 0.344 e. The Morgan fingerprint density at radius 3 is 2.32 bits per heavy atom. The van der Waals surface area contributed by atoms with Crippen LogP contribution >= 0.6 is 12.2 Å². The van der Waals surface area contributed by atoms with Crippen molar-refractivity contribution < 1.29 is 29.0 Å². The van der Waals surface area contributed by atoms with Crippen molar-refractivity contribution >= 4 is 46.9 Å². The van der Waals surface area contributed by atoms with Crippen molar-refractivity contribution in [2.45, 2.75) is 20.0 Å². The predicted octanol–water partition coefficient (Wildman–Crippen LogP) is 2.77. The van der Waals surface area contributed by atoms with Gasteiger partial charge in [-0.1, -0.05) is 12.1 Å². The van der Waals surface area contributed by atoms with Gasteiger partial charge >= 0.3 is 5.97 Å². The number of rotatable bonds is 7. The summed E-state index contributed by atoms with van der Waals surface area (Å²) in [6.45, 7) is 3.80. The number of amides is 2. The molecule has 0 aliphatic carbocycles. The highest BCUT2D eigenvalue weighted by Gasteiger charge is 2.34. The number of hydrogen-bond acceptors (Lipinski definition) is 6. The average Bonchev–Trinajstić information content (AvgIpc) is 2.73. The average molecular weight is 440 g/mol. The van der Waals surface area contributed by atoms with Crippen LogP contribution in [0.15, 0.2) is 54.1 Å². The van der Waals surface area contributed by atoms with Crippen LogP contribution in [0.1, 0.15) is 19.4 Å². The minimum Gasteiger partial charge on any atom is -0.494 e. The van der Waals surface area contributed by atoms with Gasteiger partial charge in [0.1, 0.15) is 17.1 Å². The van der Waals surface area contributed by atoms with E-state index in [0.717, 1.165) is 0 Å². The lowest BCUT2D eigenvalue weighted by Gasteiger charge is -2.29. The smallest absolute Gasteiger partial charge is 0.344 e. The van der Waals surface area contributed by atoms with Crippen LogP contribution in [0, 0.1) is 0 Å². The SMILES string of the molecule is CCOc1ccc(N2C(=O)/C(=C/c3ccc(O[C@H](C)C(=O)O)cc3)C(=O)NC2=S)cc1. The Bertz CT molecular complexity index is 1050. The van der Waals surface area contributed by atoms with Crippen molar-refractivity contribution in [2.75, 3.05) is 11.5 Å². The van der Waals surface area contributed by atoms with Gasteiger partial charge in [0, 0.05) is 0 Å². The summed E-state index contributed by atoms with van der Waals surface area (Å²) in [5.74, 6) is -1.23. The molecule has 2 N–H and O–H groups in total. The molecule has 1 fully saturated rings. The van der Waals surface area contributed by atoms with Gasteiger partial charge in [0.2, 0.25) is 0 Å². The van der Waals surface area contributed by atoms with Gasteiger partial charge in [-0.25, -0.2) is 4.79 Å². The molecule has 8 nitrogen and oxygen atoms in total. The quantitative estimate of drug-likeness (QED) is 0.387. The van der Waals surface area contributed by atoms with E-state index in [0.29, 0.717) is 29.4 Å². The van der Waals surface area contributed by atoms with E-state index in [9.17, 15) is 14.4 Å². The van der Waals surface area contributed by atoms with Crippen LogP contribution in [0.25, 0.3) is 6.08 Å². The molecule has 0 bridgehead atoms. The first-order chi connectivity index (χ1) is 14.8. The molecule has 3 rings (SSSR count). The van der Waals surface area contributed by atoms with E-state index in [1.807, 2.05) is 6.92 Å². The molecular weight excluding hydrogens is 420 g/mol. The molecule has 1 heterocycles. The lowest BCUT2D eigenvalue weighted by Crippen LogP contribution is -2.54. The Labute approximate surface area is 184 Å². The molecule has 31 heavy (non-hydrogen) atoms. The largest absolute Gasteiger partial charge is 0.494 e. The molecular formula is C22H20N2O6S. The summed E-state index contributed by atoms with van der Waals surface area (Å²) < 4.78 is 10.7. The standard InChI is InChI=1S/C22H20N2O6S/c1-3-29-16-10-6-15(7-11-16)24-20(26)18(19(25)23-22(24)31)12-14-4-8-17(9-5-14)30-13(2)21(27)28/h4-13H,3H2,1-2H3,(H,27,28)(H,23,25,31)/b18-12+/t13-/m1/s1. The maximum absolute atomic E-state index is 13.0. The second-order valence-corrected chi connectivity index (χ2v) is 6.94. The minimum atomic E-state index is -1.08. The summed E-state index contributed by atoms with van der Waals surface area (Å²) in [5.41, 5.74) is 0.971. The zero-order valence-electron chi connectivity index (χ0n) is 16.8. The molecule has 160 valence electrons. The van der Waals surface area contributed by atoms with E-state index < -0.39 is 23.9 Å². The highest BCUT2D eigenvalue weighted by Crippen LogP contribution is 2.25. The summed E-state index contributed by atoms with van der Waals surface area (Å²) in [4.78, 5) is 37.6. The number of anilines is 1. The summed E-state index contributed by atoms with van der Waals surface area (Å²) in [6.07, 6.45) is 0.435. The van der Waals surface area contributed by atoms with Gasteiger partial charge in [-0.2, -0.15) is 0 Å². The number of nitrogens with zero attached hydrogens (tertiary/aromatic N) is 1. The third-order valence-electron chi connectivity index (χ3n) is 4.36. The molecule has 0 aromatic heterocycles. The zero-order chi connectivity index (χ0) is 22.5. The zero-order valence-corrected chi connectivity index (χ0v) is 17.6. The van der Waals surface area contributed by atoms with E-state index in [1.165, 1.54) is 17.9 Å². The lowest BCUT2D eigenvalue weighted by atomic mass is 10.1. The Balaban J connectivity index is 1.84. The molecule has 2 aromatic rings. The van der Waals surface area contributed by atoms with Crippen LogP contribution in [0.4, 0.5) is 5.69 Å². The van der Waals surface area contributed by atoms with Crippen LogP contribution in [0.2, 0.25) is 0 Å². The van der Waals surface area contributed by atoms with Crippen LogP contribution in [-0.4, -0.2) is 40.7 Å². The molecule has 0 saturated carbocycles. The Morgan fingerprint density at radius 2 is 1.74 bits per heavy atom. The fraction of sp³-hybridized carbons (Fsp3) is 0.182. The molecule has 1 atom stereocenters. The first-order valence-electron chi connectivity index (χ1n) is 9.44. The fourth-order valence-electron chi connectivity index (χ4n) is 2.81. The fourth-order valence-corrected chi connectivity index (χ4v) is 3.09. The first kappa shape index (κ1) is 22.0. The van der Waals surface area contributed by atoms with Gasteiger partial charge in [0.05, 0.1) is 12.3 Å². The second kappa shape index (κ2) is 9.40. The van der Waals surface area contributed by atoms with Crippen molar-refractivity contribution in [1.82, 2.24) is 5.32 Å². The monoisotopic (exact) mass is 440 g/mol. The number of aliphatic carboxylic acids is 1. The normalized spacial score (nSPS) is 16.1. The van der Waals surface area contributed by atoms with E-state index >= 15 is 0 Å². The third kappa shape index (κ3) is 5.07.